The quantitative estimate of drug-likeness (QED) is 0.353. The molecule has 0 bridgehead atoms. The van der Waals surface area contributed by atoms with Gasteiger partial charge in [0.2, 0.25) is 5.75 Å². The summed E-state index contributed by atoms with van der Waals surface area (Å²) in [7, 11) is 0. The Morgan fingerprint density at radius 2 is 1.32 bits per heavy atom. The van der Waals surface area contributed by atoms with Crippen LogP contribution in [0.25, 0.3) is 0 Å². The molecule has 1 N–H and O–H groups in total. The van der Waals surface area contributed by atoms with Crippen molar-refractivity contribution in [3.05, 3.63) is 105 Å². The summed E-state index contributed by atoms with van der Waals surface area (Å²) in [5.74, 6) is 0.283. The zero-order valence-electron chi connectivity index (χ0n) is 16.5. The van der Waals surface area contributed by atoms with Gasteiger partial charge in [-0.15, -0.1) is 0 Å². The molecule has 0 heterocycles. The summed E-state index contributed by atoms with van der Waals surface area (Å²) in [4.78, 5) is 26.7. The number of para-hydroxylation sites is 4. The van der Waals surface area contributed by atoms with Gasteiger partial charge in [-0.3, -0.25) is 20.2 Å². The Morgan fingerprint density at radius 3 is 1.97 bits per heavy atom. The summed E-state index contributed by atoms with van der Waals surface area (Å²) in [6.07, 6.45) is 0.545. The van der Waals surface area contributed by atoms with Crippen LogP contribution < -0.4 is 15.1 Å². The average molecular weight is 423 g/mol. The lowest BCUT2D eigenvalue weighted by atomic mass is 9.96. The van der Waals surface area contributed by atoms with Gasteiger partial charge in [-0.25, -0.2) is 0 Å². The third-order valence-electron chi connectivity index (χ3n) is 4.63. The van der Waals surface area contributed by atoms with Gasteiger partial charge in [0.05, 0.1) is 16.5 Å². The number of nitrogens with zero attached hydrogens (tertiary/aromatic N) is 2. The zero-order chi connectivity index (χ0) is 22.1. The van der Waals surface area contributed by atoms with Crippen LogP contribution in [0.5, 0.6) is 11.5 Å². The second-order valence-corrected chi connectivity index (χ2v) is 6.64. The summed E-state index contributed by atoms with van der Waals surface area (Å²) in [6, 6.07) is 22.0. The lowest BCUT2D eigenvalue weighted by Crippen LogP contribution is -2.26. The normalized spacial score (nSPS) is 11.5. The lowest BCUT2D eigenvalue weighted by molar-refractivity contribution is -0.386. The van der Waals surface area contributed by atoms with Crippen molar-refractivity contribution in [2.75, 3.05) is 13.2 Å². The van der Waals surface area contributed by atoms with Crippen molar-refractivity contribution in [1.29, 1.82) is 0 Å². The summed E-state index contributed by atoms with van der Waals surface area (Å²) in [5, 5.41) is 22.3. The molecule has 3 aromatic carbocycles. The van der Waals surface area contributed by atoms with Crippen LogP contribution in [0.1, 0.15) is 17.9 Å². The number of hydrogen-bond donors (Lipinski definition) is 1. The molecule has 160 valence electrons. The summed E-state index contributed by atoms with van der Waals surface area (Å²) < 4.78 is 5.67. The first kappa shape index (κ1) is 21.7. The molecule has 0 fully saturated rings. The molecule has 0 aromatic heterocycles. The molecular weight excluding hydrogens is 402 g/mol. The number of hydroxylamine groups is 1. The highest BCUT2D eigenvalue weighted by Gasteiger charge is 2.18. The predicted molar refractivity (Wildman–Crippen MR) is 114 cm³/mol. The van der Waals surface area contributed by atoms with E-state index in [2.05, 4.69) is 5.48 Å². The van der Waals surface area contributed by atoms with Crippen LogP contribution in [0.2, 0.25) is 0 Å². The first-order chi connectivity index (χ1) is 15.1. The molecule has 3 aromatic rings. The molecule has 0 spiro atoms. The molecule has 0 aliphatic carbocycles. The minimum atomic E-state index is -0.508. The summed E-state index contributed by atoms with van der Waals surface area (Å²) >= 11 is 0. The number of ether oxygens (including phenoxy) is 1. The Hall–Kier alpha value is -3.98. The second kappa shape index (κ2) is 10.7. The van der Waals surface area contributed by atoms with Crippen LogP contribution >= 0.6 is 0 Å². The smallest absolute Gasteiger partial charge is 0.313 e. The van der Waals surface area contributed by atoms with Crippen molar-refractivity contribution >= 4 is 11.4 Å². The van der Waals surface area contributed by atoms with Crippen molar-refractivity contribution in [1.82, 2.24) is 5.48 Å². The van der Waals surface area contributed by atoms with Gasteiger partial charge in [-0.2, -0.15) is 5.48 Å². The molecule has 31 heavy (non-hydrogen) atoms. The standard InChI is InChI=1S/C22H21N3O6/c26-24(27)19-10-4-6-12-21(19)30-15-14-18(17-8-2-1-3-9-17)16-23-31-22-13-7-5-11-20(22)25(28)29/h1-13,18,23H,14-16H2. The van der Waals surface area contributed by atoms with Gasteiger partial charge in [0, 0.05) is 24.6 Å². The van der Waals surface area contributed by atoms with E-state index in [-0.39, 0.29) is 35.4 Å². The van der Waals surface area contributed by atoms with E-state index < -0.39 is 9.85 Å². The molecule has 3 rings (SSSR count). The van der Waals surface area contributed by atoms with Crippen molar-refractivity contribution in [2.45, 2.75) is 12.3 Å². The van der Waals surface area contributed by atoms with E-state index >= 15 is 0 Å². The largest absolute Gasteiger partial charge is 0.487 e. The van der Waals surface area contributed by atoms with E-state index in [1.54, 1.807) is 30.3 Å². The van der Waals surface area contributed by atoms with Crippen molar-refractivity contribution in [2.24, 2.45) is 0 Å². The highest BCUT2D eigenvalue weighted by atomic mass is 16.7. The van der Waals surface area contributed by atoms with Crippen molar-refractivity contribution in [3.63, 3.8) is 0 Å². The zero-order valence-corrected chi connectivity index (χ0v) is 16.5. The maximum Gasteiger partial charge on any atom is 0.313 e. The Morgan fingerprint density at radius 1 is 0.774 bits per heavy atom. The van der Waals surface area contributed by atoms with E-state index in [9.17, 15) is 20.2 Å². The van der Waals surface area contributed by atoms with Crippen LogP contribution in [0.3, 0.4) is 0 Å². The maximum absolute atomic E-state index is 11.1. The summed E-state index contributed by atoms with van der Waals surface area (Å²) in [6.45, 7) is 0.605. The van der Waals surface area contributed by atoms with Crippen LogP contribution in [0.15, 0.2) is 78.9 Å². The molecular formula is C22H21N3O6. The number of hydrogen-bond acceptors (Lipinski definition) is 7. The lowest BCUT2D eigenvalue weighted by Gasteiger charge is -2.18. The van der Waals surface area contributed by atoms with E-state index in [4.69, 9.17) is 9.57 Å². The number of nitrogens with one attached hydrogen (secondary N) is 1. The van der Waals surface area contributed by atoms with Crippen molar-refractivity contribution in [3.8, 4) is 11.5 Å². The number of nitro groups is 2. The monoisotopic (exact) mass is 423 g/mol. The third-order valence-corrected chi connectivity index (χ3v) is 4.63. The number of rotatable bonds is 11. The van der Waals surface area contributed by atoms with Crippen molar-refractivity contribution < 1.29 is 19.4 Å². The van der Waals surface area contributed by atoms with E-state index in [1.165, 1.54) is 18.2 Å². The van der Waals surface area contributed by atoms with Gasteiger partial charge in [0.1, 0.15) is 0 Å². The fraction of sp³-hybridized carbons (Fsp3) is 0.182. The minimum Gasteiger partial charge on any atom is -0.487 e. The highest BCUT2D eigenvalue weighted by molar-refractivity contribution is 5.46. The Kier molecular flexibility index (Phi) is 7.50. The Bertz CT molecular complexity index is 965. The van der Waals surface area contributed by atoms with Gasteiger partial charge in [0.15, 0.2) is 5.75 Å². The minimum absolute atomic E-state index is 0.0493. The van der Waals surface area contributed by atoms with Gasteiger partial charge >= 0.3 is 11.4 Å². The Balaban J connectivity index is 1.63. The second-order valence-electron chi connectivity index (χ2n) is 6.64. The molecule has 0 aliphatic heterocycles. The van der Waals surface area contributed by atoms with Gasteiger partial charge < -0.3 is 9.57 Å². The van der Waals surface area contributed by atoms with Crippen LogP contribution in [-0.2, 0) is 0 Å². The van der Waals surface area contributed by atoms with E-state index in [0.717, 1.165) is 5.56 Å². The first-order valence-electron chi connectivity index (χ1n) is 9.60. The van der Waals surface area contributed by atoms with Gasteiger partial charge in [0.25, 0.3) is 0 Å². The summed E-state index contributed by atoms with van der Waals surface area (Å²) in [5.41, 5.74) is 3.61. The fourth-order valence-electron chi connectivity index (χ4n) is 3.07. The number of nitro benzene ring substituents is 2. The molecule has 0 saturated heterocycles. The fourth-order valence-corrected chi connectivity index (χ4v) is 3.07. The maximum atomic E-state index is 11.1. The average Bonchev–Trinajstić information content (AvgIpc) is 2.79. The van der Waals surface area contributed by atoms with Gasteiger partial charge in [-0.05, 0) is 24.1 Å². The Labute approximate surface area is 178 Å². The van der Waals surface area contributed by atoms with Crippen LogP contribution in [0, 0.1) is 20.2 Å². The first-order valence-corrected chi connectivity index (χ1v) is 9.60. The molecule has 0 saturated carbocycles. The van der Waals surface area contributed by atoms with E-state index in [0.29, 0.717) is 13.0 Å². The molecule has 0 aliphatic rings. The highest BCUT2D eigenvalue weighted by Crippen LogP contribution is 2.28. The van der Waals surface area contributed by atoms with E-state index in [1.807, 2.05) is 30.3 Å². The molecule has 1 unspecified atom stereocenters. The molecule has 0 amide bonds. The number of benzene rings is 3. The topological polar surface area (TPSA) is 117 Å². The third kappa shape index (κ3) is 6.00. The molecule has 0 radical (unpaired) electrons. The van der Waals surface area contributed by atoms with Gasteiger partial charge in [-0.1, -0.05) is 54.6 Å². The SMILES string of the molecule is O=[N+]([O-])c1ccccc1OCCC(CNOc1ccccc1[N+](=O)[O-])c1ccccc1. The predicted octanol–water partition coefficient (Wildman–Crippen LogP) is 4.64. The van der Waals surface area contributed by atoms with Crippen LogP contribution in [0.4, 0.5) is 11.4 Å². The van der Waals surface area contributed by atoms with Crippen LogP contribution in [-0.4, -0.2) is 23.0 Å². The molecule has 1 atom stereocenters. The molecule has 9 nitrogen and oxygen atoms in total. The molecule has 9 heteroatoms.